The summed E-state index contributed by atoms with van der Waals surface area (Å²) >= 11 is 0. The van der Waals surface area contributed by atoms with Crippen LogP contribution >= 0.6 is 0 Å². The highest BCUT2D eigenvalue weighted by atomic mass is 19.1. The molecule has 0 spiro atoms. The largest absolute Gasteiger partial charge is 0.465 e. The topological polar surface area (TPSA) is 67.4 Å². The Hall–Kier alpha value is -1.95. The predicted octanol–water partition coefficient (Wildman–Crippen LogP) is 1.69. The van der Waals surface area contributed by atoms with Gasteiger partial charge in [-0.25, -0.2) is 9.18 Å². The second kappa shape index (κ2) is 6.47. The normalized spacial score (nSPS) is 18.4. The summed E-state index contributed by atoms with van der Waals surface area (Å²) in [5.41, 5.74) is 0.271. The molecule has 0 aromatic heterocycles. The highest BCUT2D eigenvalue weighted by Crippen LogP contribution is 2.19. The number of carbonyl (C=O) groups is 2. The Morgan fingerprint density at radius 2 is 2.20 bits per heavy atom. The smallest absolute Gasteiger partial charge is 0.340 e. The number of hydrogen-bond donors (Lipinski definition) is 2. The summed E-state index contributed by atoms with van der Waals surface area (Å²) in [6, 6.07) is 3.33. The van der Waals surface area contributed by atoms with Gasteiger partial charge in [0.15, 0.2) is 0 Å². The van der Waals surface area contributed by atoms with E-state index in [4.69, 9.17) is 0 Å². The third-order valence-electron chi connectivity index (χ3n) is 3.27. The Labute approximate surface area is 116 Å². The summed E-state index contributed by atoms with van der Waals surface area (Å²) in [5.74, 6) is -1.46. The summed E-state index contributed by atoms with van der Waals surface area (Å²) in [6.45, 7) is 0.797. The zero-order valence-corrected chi connectivity index (χ0v) is 11.2. The average molecular weight is 280 g/mol. The minimum atomic E-state index is -0.684. The van der Waals surface area contributed by atoms with Crippen LogP contribution in [0.15, 0.2) is 18.2 Å². The number of nitrogens with one attached hydrogen (secondary N) is 2. The lowest BCUT2D eigenvalue weighted by atomic mass is 10.0. The van der Waals surface area contributed by atoms with Crippen molar-refractivity contribution in [1.29, 1.82) is 0 Å². The number of ether oxygens (including phenoxy) is 1. The van der Waals surface area contributed by atoms with Crippen molar-refractivity contribution in [3.8, 4) is 0 Å². The number of hydrogen-bond acceptors (Lipinski definition) is 4. The molecule has 1 aromatic carbocycles. The second-order valence-corrected chi connectivity index (χ2v) is 4.67. The second-order valence-electron chi connectivity index (χ2n) is 4.67. The first-order valence-corrected chi connectivity index (χ1v) is 6.54. The van der Waals surface area contributed by atoms with E-state index in [1.54, 1.807) is 0 Å². The van der Waals surface area contributed by atoms with Gasteiger partial charge in [-0.2, -0.15) is 0 Å². The van der Waals surface area contributed by atoms with Crippen LogP contribution in [0.4, 0.5) is 10.1 Å². The van der Waals surface area contributed by atoms with E-state index >= 15 is 0 Å². The molecular weight excluding hydrogens is 263 g/mol. The van der Waals surface area contributed by atoms with E-state index < -0.39 is 11.8 Å². The maximum Gasteiger partial charge on any atom is 0.340 e. The van der Waals surface area contributed by atoms with Crippen molar-refractivity contribution in [2.24, 2.45) is 0 Å². The van der Waals surface area contributed by atoms with Crippen LogP contribution in [0.5, 0.6) is 0 Å². The predicted molar refractivity (Wildman–Crippen MR) is 72.0 cm³/mol. The standard InChI is InChI=1S/C14H17FN2O3/c1-20-14(19)10-8-9(15)5-6-11(10)17-13(18)12-4-2-3-7-16-12/h5-6,8,12,16H,2-4,7H2,1H3,(H,17,18). The van der Waals surface area contributed by atoms with Gasteiger partial charge in [0, 0.05) is 0 Å². The average Bonchev–Trinajstić information content (AvgIpc) is 2.49. The highest BCUT2D eigenvalue weighted by Gasteiger charge is 2.22. The minimum absolute atomic E-state index is 0.0108. The monoisotopic (exact) mass is 280 g/mol. The Bertz CT molecular complexity index is 513. The summed E-state index contributed by atoms with van der Waals surface area (Å²) in [7, 11) is 1.21. The van der Waals surface area contributed by atoms with E-state index in [0.717, 1.165) is 31.9 Å². The van der Waals surface area contributed by atoms with Crippen LogP contribution in [-0.4, -0.2) is 31.6 Å². The third-order valence-corrected chi connectivity index (χ3v) is 3.27. The summed E-state index contributed by atoms with van der Waals surface area (Å²) in [4.78, 5) is 23.7. The van der Waals surface area contributed by atoms with Crippen molar-refractivity contribution in [1.82, 2.24) is 5.32 Å². The molecule has 1 atom stereocenters. The number of carbonyl (C=O) groups excluding carboxylic acids is 2. The molecular formula is C14H17FN2O3. The van der Waals surface area contributed by atoms with Gasteiger partial charge in [-0.1, -0.05) is 6.42 Å². The number of esters is 1. The van der Waals surface area contributed by atoms with Crippen molar-refractivity contribution in [2.75, 3.05) is 19.0 Å². The molecule has 108 valence electrons. The van der Waals surface area contributed by atoms with Gasteiger partial charge in [-0.05, 0) is 37.6 Å². The minimum Gasteiger partial charge on any atom is -0.465 e. The fraction of sp³-hybridized carbons (Fsp3) is 0.429. The van der Waals surface area contributed by atoms with E-state index in [1.807, 2.05) is 0 Å². The van der Waals surface area contributed by atoms with Gasteiger partial charge in [0.1, 0.15) is 5.82 Å². The number of halogens is 1. The zero-order chi connectivity index (χ0) is 14.5. The number of anilines is 1. The van der Waals surface area contributed by atoms with Gasteiger partial charge >= 0.3 is 5.97 Å². The Kier molecular flexibility index (Phi) is 4.68. The van der Waals surface area contributed by atoms with Gasteiger partial charge in [-0.15, -0.1) is 0 Å². The SMILES string of the molecule is COC(=O)c1cc(F)ccc1NC(=O)C1CCCCN1. The first kappa shape index (κ1) is 14.5. The summed E-state index contributed by atoms with van der Waals surface area (Å²) < 4.78 is 17.8. The van der Waals surface area contributed by atoms with Crippen molar-refractivity contribution in [2.45, 2.75) is 25.3 Å². The molecule has 5 nitrogen and oxygen atoms in total. The van der Waals surface area contributed by atoms with E-state index in [1.165, 1.54) is 19.2 Å². The van der Waals surface area contributed by atoms with Crippen molar-refractivity contribution < 1.29 is 18.7 Å². The maximum atomic E-state index is 13.2. The number of benzene rings is 1. The number of methoxy groups -OCH3 is 1. The maximum absolute atomic E-state index is 13.2. The number of piperidine rings is 1. The molecule has 1 aromatic rings. The highest BCUT2D eigenvalue weighted by molar-refractivity contribution is 6.02. The fourth-order valence-corrected chi connectivity index (χ4v) is 2.20. The van der Waals surface area contributed by atoms with Gasteiger partial charge < -0.3 is 15.4 Å². The Morgan fingerprint density at radius 1 is 1.40 bits per heavy atom. The molecule has 2 rings (SSSR count). The van der Waals surface area contributed by atoms with Crippen molar-refractivity contribution in [3.63, 3.8) is 0 Å². The molecule has 2 N–H and O–H groups in total. The summed E-state index contributed by atoms with van der Waals surface area (Å²) in [5, 5.41) is 5.76. The lowest BCUT2D eigenvalue weighted by Gasteiger charge is -2.23. The molecule has 0 aliphatic carbocycles. The van der Waals surface area contributed by atoms with Gasteiger partial charge in [0.2, 0.25) is 5.91 Å². The van der Waals surface area contributed by atoms with Gasteiger partial charge in [-0.3, -0.25) is 4.79 Å². The van der Waals surface area contributed by atoms with Crippen LogP contribution in [0.2, 0.25) is 0 Å². The lowest BCUT2D eigenvalue weighted by molar-refractivity contribution is -0.118. The fourth-order valence-electron chi connectivity index (χ4n) is 2.20. The molecule has 6 heteroatoms. The molecule has 1 aliphatic heterocycles. The van der Waals surface area contributed by atoms with Crippen molar-refractivity contribution in [3.05, 3.63) is 29.6 Å². The molecule has 0 radical (unpaired) electrons. The molecule has 0 saturated carbocycles. The van der Waals surface area contributed by atoms with E-state index in [2.05, 4.69) is 15.4 Å². The first-order valence-electron chi connectivity index (χ1n) is 6.54. The third kappa shape index (κ3) is 3.33. The quantitative estimate of drug-likeness (QED) is 0.827. The van der Waals surface area contributed by atoms with Crippen LogP contribution in [0.3, 0.4) is 0 Å². The molecule has 1 heterocycles. The Morgan fingerprint density at radius 3 is 2.85 bits per heavy atom. The molecule has 1 amide bonds. The molecule has 20 heavy (non-hydrogen) atoms. The molecule has 1 aliphatic rings. The number of amides is 1. The lowest BCUT2D eigenvalue weighted by Crippen LogP contribution is -2.43. The van der Waals surface area contributed by atoms with E-state index in [9.17, 15) is 14.0 Å². The van der Waals surface area contributed by atoms with E-state index in [-0.39, 0.29) is 23.2 Å². The van der Waals surface area contributed by atoms with Crippen LogP contribution in [0, 0.1) is 5.82 Å². The Balaban J connectivity index is 2.15. The molecule has 1 unspecified atom stereocenters. The van der Waals surface area contributed by atoms with Crippen LogP contribution in [0.1, 0.15) is 29.6 Å². The number of rotatable bonds is 3. The van der Waals surface area contributed by atoms with Crippen LogP contribution < -0.4 is 10.6 Å². The van der Waals surface area contributed by atoms with Crippen molar-refractivity contribution >= 4 is 17.6 Å². The molecule has 1 saturated heterocycles. The van der Waals surface area contributed by atoms with Crippen LogP contribution in [0.25, 0.3) is 0 Å². The first-order chi connectivity index (χ1) is 9.61. The van der Waals surface area contributed by atoms with Gasteiger partial charge in [0.05, 0.1) is 24.4 Å². The summed E-state index contributed by atoms with van der Waals surface area (Å²) in [6.07, 6.45) is 2.78. The van der Waals surface area contributed by atoms with E-state index in [0.29, 0.717) is 0 Å². The van der Waals surface area contributed by atoms with Crippen LogP contribution in [-0.2, 0) is 9.53 Å². The zero-order valence-electron chi connectivity index (χ0n) is 11.2. The molecule has 1 fully saturated rings. The molecule has 0 bridgehead atoms. The van der Waals surface area contributed by atoms with Gasteiger partial charge in [0.25, 0.3) is 0 Å².